The smallest absolute Gasteiger partial charge is 0.250 e. The average molecular weight is 480 g/mol. The van der Waals surface area contributed by atoms with Crippen molar-refractivity contribution in [3.05, 3.63) is 46.7 Å². The van der Waals surface area contributed by atoms with Gasteiger partial charge in [0, 0.05) is 36.8 Å². The molecule has 34 heavy (non-hydrogen) atoms. The van der Waals surface area contributed by atoms with Crippen LogP contribution in [0, 0.1) is 6.92 Å². The molecule has 9 heteroatoms. The third-order valence-corrected chi connectivity index (χ3v) is 6.74. The third-order valence-electron chi connectivity index (χ3n) is 6.33. The van der Waals surface area contributed by atoms with Gasteiger partial charge < -0.3 is 14.2 Å². The number of nitrogens with one attached hydrogen (secondary N) is 1. The molecule has 2 saturated heterocycles. The lowest BCUT2D eigenvalue weighted by molar-refractivity contribution is 0.556. The van der Waals surface area contributed by atoms with Gasteiger partial charge in [-0.15, -0.1) is 0 Å². The number of aryl methyl sites for hydroxylation is 1. The Morgan fingerprint density at radius 1 is 0.882 bits per heavy atom. The van der Waals surface area contributed by atoms with Crippen LogP contribution in [0.4, 0.5) is 17.8 Å². The second-order valence-electron chi connectivity index (χ2n) is 8.89. The minimum Gasteiger partial charge on any atom is -0.455 e. The highest BCUT2D eigenvalue weighted by Crippen LogP contribution is 2.27. The fourth-order valence-electron chi connectivity index (χ4n) is 4.35. The third kappa shape index (κ3) is 5.33. The number of nitrogens with zero attached hydrogens (tertiary/aromatic N) is 6. The Morgan fingerprint density at radius 2 is 1.53 bits per heavy atom. The van der Waals surface area contributed by atoms with Crippen LogP contribution in [0.5, 0.6) is 0 Å². The van der Waals surface area contributed by atoms with Gasteiger partial charge in [0.15, 0.2) is 0 Å². The lowest BCUT2D eigenvalue weighted by atomic mass is 10.1. The Kier molecular flexibility index (Phi) is 6.94. The second kappa shape index (κ2) is 10.4. The van der Waals surface area contributed by atoms with Crippen LogP contribution in [0.1, 0.15) is 49.8 Å². The molecule has 0 radical (unpaired) electrons. The molecule has 0 spiro atoms. The lowest BCUT2D eigenvalue weighted by Crippen LogP contribution is -2.34. The number of furan rings is 1. The van der Waals surface area contributed by atoms with E-state index in [2.05, 4.69) is 30.3 Å². The number of piperidine rings is 2. The highest BCUT2D eigenvalue weighted by molar-refractivity contribution is 6.31. The maximum Gasteiger partial charge on any atom is 0.250 e. The summed E-state index contributed by atoms with van der Waals surface area (Å²) in [5.41, 5.74) is 4.95. The molecule has 0 atom stereocenters. The zero-order valence-corrected chi connectivity index (χ0v) is 20.3. The van der Waals surface area contributed by atoms with Gasteiger partial charge in [0.1, 0.15) is 11.5 Å². The van der Waals surface area contributed by atoms with Crippen molar-refractivity contribution in [2.75, 3.05) is 41.4 Å². The number of aromatic nitrogens is 3. The highest BCUT2D eigenvalue weighted by Gasteiger charge is 2.20. The first kappa shape index (κ1) is 22.7. The van der Waals surface area contributed by atoms with Gasteiger partial charge in [-0.1, -0.05) is 23.7 Å². The monoisotopic (exact) mass is 479 g/mol. The number of hydrogen-bond acceptors (Lipinski definition) is 8. The van der Waals surface area contributed by atoms with Gasteiger partial charge in [0.05, 0.1) is 6.21 Å². The SMILES string of the molecule is Cc1ccc(-c2ccc(/C=N\Nc3nc(N4CCCCC4)nc(N4CCCCC4)n3)o2)cc1Cl. The van der Waals surface area contributed by atoms with E-state index in [9.17, 15) is 0 Å². The van der Waals surface area contributed by atoms with Crippen molar-refractivity contribution in [2.24, 2.45) is 5.10 Å². The molecule has 5 rings (SSSR count). The summed E-state index contributed by atoms with van der Waals surface area (Å²) in [6.07, 6.45) is 8.81. The van der Waals surface area contributed by atoms with Crippen molar-refractivity contribution >= 4 is 35.7 Å². The predicted octanol–water partition coefficient (Wildman–Crippen LogP) is 5.52. The molecular formula is C25H30ClN7O. The Bertz CT molecular complexity index is 1110. The number of hydrazone groups is 1. The normalized spacial score (nSPS) is 16.9. The lowest BCUT2D eigenvalue weighted by Gasteiger charge is -2.30. The van der Waals surface area contributed by atoms with E-state index >= 15 is 0 Å². The van der Waals surface area contributed by atoms with E-state index < -0.39 is 0 Å². The van der Waals surface area contributed by atoms with E-state index in [0.717, 1.165) is 60.0 Å². The molecule has 4 heterocycles. The first-order valence-corrected chi connectivity index (χ1v) is 12.4. The zero-order valence-electron chi connectivity index (χ0n) is 19.5. The van der Waals surface area contributed by atoms with Crippen LogP contribution in [0.25, 0.3) is 11.3 Å². The van der Waals surface area contributed by atoms with Crippen LogP contribution in [0.3, 0.4) is 0 Å². The molecule has 0 bridgehead atoms. The van der Waals surface area contributed by atoms with Gasteiger partial charge in [-0.2, -0.15) is 20.1 Å². The van der Waals surface area contributed by atoms with Crippen LogP contribution in [0.2, 0.25) is 5.02 Å². The summed E-state index contributed by atoms with van der Waals surface area (Å²) in [4.78, 5) is 18.6. The topological polar surface area (TPSA) is 82.7 Å². The number of rotatable bonds is 6. The quantitative estimate of drug-likeness (QED) is 0.368. The van der Waals surface area contributed by atoms with Crippen LogP contribution < -0.4 is 15.2 Å². The number of halogens is 1. The molecule has 2 aliphatic rings. The predicted molar refractivity (Wildman–Crippen MR) is 137 cm³/mol. The molecule has 178 valence electrons. The maximum absolute atomic E-state index is 6.26. The molecule has 0 saturated carbocycles. The Morgan fingerprint density at radius 3 is 2.15 bits per heavy atom. The average Bonchev–Trinajstić information content (AvgIpc) is 3.35. The summed E-state index contributed by atoms with van der Waals surface area (Å²) >= 11 is 6.26. The van der Waals surface area contributed by atoms with Gasteiger partial charge in [-0.25, -0.2) is 5.43 Å². The summed E-state index contributed by atoms with van der Waals surface area (Å²) in [6, 6.07) is 9.67. The van der Waals surface area contributed by atoms with Gasteiger partial charge >= 0.3 is 0 Å². The summed E-state index contributed by atoms with van der Waals surface area (Å²) in [5, 5.41) is 5.06. The van der Waals surface area contributed by atoms with Crippen LogP contribution >= 0.6 is 11.6 Å². The van der Waals surface area contributed by atoms with E-state index in [-0.39, 0.29) is 0 Å². The zero-order chi connectivity index (χ0) is 23.3. The van der Waals surface area contributed by atoms with Crippen molar-refractivity contribution in [3.8, 4) is 11.3 Å². The molecule has 0 unspecified atom stereocenters. The van der Waals surface area contributed by atoms with Gasteiger partial charge in [-0.05, 0) is 69.2 Å². The summed E-state index contributed by atoms with van der Waals surface area (Å²) < 4.78 is 5.92. The minimum atomic E-state index is 0.449. The van der Waals surface area contributed by atoms with Gasteiger partial charge in [0.25, 0.3) is 0 Å². The highest BCUT2D eigenvalue weighted by atomic mass is 35.5. The van der Waals surface area contributed by atoms with Crippen molar-refractivity contribution in [1.82, 2.24) is 15.0 Å². The second-order valence-corrected chi connectivity index (χ2v) is 9.30. The van der Waals surface area contributed by atoms with E-state index in [1.54, 1.807) is 6.21 Å². The first-order chi connectivity index (χ1) is 16.7. The number of benzene rings is 1. The molecule has 8 nitrogen and oxygen atoms in total. The Hall–Kier alpha value is -3.13. The Balaban J connectivity index is 1.33. The maximum atomic E-state index is 6.26. The van der Waals surface area contributed by atoms with Crippen molar-refractivity contribution in [1.29, 1.82) is 0 Å². The van der Waals surface area contributed by atoms with Crippen LogP contribution in [-0.2, 0) is 0 Å². The van der Waals surface area contributed by atoms with E-state index in [0.29, 0.717) is 11.7 Å². The van der Waals surface area contributed by atoms with Crippen LogP contribution in [-0.4, -0.2) is 47.3 Å². The van der Waals surface area contributed by atoms with Crippen LogP contribution in [0.15, 0.2) is 39.9 Å². The molecule has 2 fully saturated rings. The largest absolute Gasteiger partial charge is 0.455 e. The summed E-state index contributed by atoms with van der Waals surface area (Å²) in [6.45, 7) is 5.88. The summed E-state index contributed by atoms with van der Waals surface area (Å²) in [7, 11) is 0. The van der Waals surface area contributed by atoms with Gasteiger partial charge in [0.2, 0.25) is 17.8 Å². The van der Waals surface area contributed by atoms with Crippen molar-refractivity contribution in [3.63, 3.8) is 0 Å². The Labute approximate surface area is 205 Å². The molecule has 0 aliphatic carbocycles. The fraction of sp³-hybridized carbons (Fsp3) is 0.440. The first-order valence-electron chi connectivity index (χ1n) is 12.1. The van der Waals surface area contributed by atoms with Crippen molar-refractivity contribution < 1.29 is 4.42 Å². The fourth-order valence-corrected chi connectivity index (χ4v) is 4.53. The molecule has 2 aromatic heterocycles. The molecule has 0 amide bonds. The molecule has 3 aromatic rings. The standard InChI is InChI=1S/C25H30ClN7O/c1-18-8-9-19(16-21(18)26)22-11-10-20(34-22)17-27-31-23-28-24(32-12-4-2-5-13-32)30-25(29-23)33-14-6-3-7-15-33/h8-11,16-17H,2-7,12-15H2,1H3,(H,28,29,30,31)/b27-17-. The molecular weight excluding hydrogens is 450 g/mol. The molecule has 1 N–H and O–H groups in total. The van der Waals surface area contributed by atoms with E-state index in [1.807, 2.05) is 37.3 Å². The summed E-state index contributed by atoms with van der Waals surface area (Å²) in [5.74, 6) is 3.27. The minimum absolute atomic E-state index is 0.449. The van der Waals surface area contributed by atoms with Gasteiger partial charge in [-0.3, -0.25) is 0 Å². The van der Waals surface area contributed by atoms with E-state index in [4.69, 9.17) is 21.0 Å². The van der Waals surface area contributed by atoms with Crippen molar-refractivity contribution in [2.45, 2.75) is 45.4 Å². The molecule has 1 aromatic carbocycles. The number of anilines is 3. The number of hydrogen-bond donors (Lipinski definition) is 1. The van der Waals surface area contributed by atoms with E-state index in [1.165, 1.54) is 38.5 Å². The molecule has 2 aliphatic heterocycles.